The summed E-state index contributed by atoms with van der Waals surface area (Å²) in [7, 11) is 0. The molecule has 1 aromatic heterocycles. The number of aromatic nitrogens is 3. The van der Waals surface area contributed by atoms with Crippen LogP contribution >= 0.6 is 0 Å². The van der Waals surface area contributed by atoms with E-state index in [1.807, 2.05) is 6.92 Å². The Morgan fingerprint density at radius 3 is 2.71 bits per heavy atom. The molecule has 17 heavy (non-hydrogen) atoms. The topological polar surface area (TPSA) is 68.0 Å². The van der Waals surface area contributed by atoms with Crippen LogP contribution in [0.4, 0.5) is 0 Å². The van der Waals surface area contributed by atoms with E-state index in [0.717, 1.165) is 25.2 Å². The fraction of sp³-hybridized carbons (Fsp3) is 0.750. The van der Waals surface area contributed by atoms with Gasteiger partial charge in [0, 0.05) is 13.0 Å². The molecule has 1 heterocycles. The summed E-state index contributed by atoms with van der Waals surface area (Å²) in [6, 6.07) is 0. The lowest BCUT2D eigenvalue weighted by Gasteiger charge is -2.23. The first kappa shape index (κ1) is 13.7. The lowest BCUT2D eigenvalue weighted by molar-refractivity contribution is -0.148. The van der Waals surface area contributed by atoms with Crippen LogP contribution < -0.4 is 0 Å². The summed E-state index contributed by atoms with van der Waals surface area (Å²) in [5, 5.41) is 13.4. The quantitative estimate of drug-likeness (QED) is 0.791. The van der Waals surface area contributed by atoms with E-state index in [1.54, 1.807) is 11.6 Å². The van der Waals surface area contributed by atoms with Gasteiger partial charge in [-0.3, -0.25) is 9.48 Å². The highest BCUT2D eigenvalue weighted by Crippen LogP contribution is 2.27. The molecule has 0 aliphatic carbocycles. The predicted molar refractivity (Wildman–Crippen MR) is 64.7 cm³/mol. The summed E-state index contributed by atoms with van der Waals surface area (Å²) in [5.41, 5.74) is -0.743. The summed E-state index contributed by atoms with van der Waals surface area (Å²) >= 11 is 0. The Labute approximate surface area is 102 Å². The molecule has 5 heteroatoms. The third kappa shape index (κ3) is 3.28. The van der Waals surface area contributed by atoms with Crippen LogP contribution in [0.1, 0.15) is 45.9 Å². The number of rotatable bonds is 7. The number of aliphatic carboxylic acids is 1. The Bertz CT molecular complexity index is 376. The number of hydrogen-bond acceptors (Lipinski definition) is 3. The van der Waals surface area contributed by atoms with Gasteiger partial charge < -0.3 is 5.11 Å². The number of nitrogens with zero attached hydrogens (tertiary/aromatic N) is 3. The number of hydrogen-bond donors (Lipinski definition) is 1. The van der Waals surface area contributed by atoms with Crippen LogP contribution in [0, 0.1) is 5.41 Å². The predicted octanol–water partition coefficient (Wildman–Crippen LogP) is 2.12. The standard InChI is InChI=1S/C12H21N3O2/c1-4-6-12(3,11(16)17)8-10-13-9-14-15(10)7-5-2/h9H,4-8H2,1-3H3,(H,16,17). The number of carboxylic acids is 1. The zero-order valence-electron chi connectivity index (χ0n) is 10.8. The van der Waals surface area contributed by atoms with E-state index < -0.39 is 11.4 Å². The van der Waals surface area contributed by atoms with Gasteiger partial charge in [0.2, 0.25) is 0 Å². The zero-order valence-corrected chi connectivity index (χ0v) is 10.8. The molecule has 1 N–H and O–H groups in total. The minimum atomic E-state index is -0.759. The Morgan fingerprint density at radius 1 is 1.47 bits per heavy atom. The van der Waals surface area contributed by atoms with E-state index in [9.17, 15) is 9.90 Å². The fourth-order valence-corrected chi connectivity index (χ4v) is 2.00. The third-order valence-corrected chi connectivity index (χ3v) is 3.00. The van der Waals surface area contributed by atoms with Gasteiger partial charge in [-0.25, -0.2) is 4.98 Å². The van der Waals surface area contributed by atoms with Crippen LogP contribution in [0.15, 0.2) is 6.33 Å². The van der Waals surface area contributed by atoms with Gasteiger partial charge in [0.1, 0.15) is 12.2 Å². The second-order valence-corrected chi connectivity index (χ2v) is 4.69. The van der Waals surface area contributed by atoms with Gasteiger partial charge in [-0.05, 0) is 19.8 Å². The molecule has 96 valence electrons. The minimum absolute atomic E-state index is 0.441. The lowest BCUT2D eigenvalue weighted by atomic mass is 9.82. The van der Waals surface area contributed by atoms with E-state index in [-0.39, 0.29) is 0 Å². The highest BCUT2D eigenvalue weighted by atomic mass is 16.4. The van der Waals surface area contributed by atoms with Crippen molar-refractivity contribution in [2.45, 2.75) is 53.0 Å². The van der Waals surface area contributed by atoms with Gasteiger partial charge in [-0.15, -0.1) is 0 Å². The molecule has 0 aliphatic rings. The average molecular weight is 239 g/mol. The van der Waals surface area contributed by atoms with Crippen LogP contribution in [-0.2, 0) is 17.8 Å². The van der Waals surface area contributed by atoms with Crippen molar-refractivity contribution in [1.82, 2.24) is 14.8 Å². The Balaban J connectivity index is 2.86. The first-order valence-corrected chi connectivity index (χ1v) is 6.13. The number of carbonyl (C=O) groups is 1. The van der Waals surface area contributed by atoms with Crippen LogP contribution in [0.25, 0.3) is 0 Å². The Morgan fingerprint density at radius 2 is 2.18 bits per heavy atom. The third-order valence-electron chi connectivity index (χ3n) is 3.00. The molecule has 0 amide bonds. The molecule has 0 bridgehead atoms. The van der Waals surface area contributed by atoms with Crippen LogP contribution in [0.3, 0.4) is 0 Å². The van der Waals surface area contributed by atoms with Crippen LogP contribution in [-0.4, -0.2) is 25.8 Å². The molecule has 0 fully saturated rings. The van der Waals surface area contributed by atoms with Gasteiger partial charge in [0.25, 0.3) is 0 Å². The molecule has 0 aromatic carbocycles. The van der Waals surface area contributed by atoms with E-state index in [4.69, 9.17) is 0 Å². The van der Waals surface area contributed by atoms with Gasteiger partial charge in [0.15, 0.2) is 0 Å². The van der Waals surface area contributed by atoms with Crippen molar-refractivity contribution in [3.63, 3.8) is 0 Å². The van der Waals surface area contributed by atoms with Gasteiger partial charge >= 0.3 is 5.97 Å². The Hall–Kier alpha value is -1.39. The second-order valence-electron chi connectivity index (χ2n) is 4.69. The summed E-state index contributed by atoms with van der Waals surface area (Å²) in [6.07, 6.45) is 4.41. The number of carboxylic acid groups (broad SMARTS) is 1. The normalized spacial score (nSPS) is 14.5. The van der Waals surface area contributed by atoms with Gasteiger partial charge in [0.05, 0.1) is 5.41 Å². The van der Waals surface area contributed by atoms with Crippen LogP contribution in [0.2, 0.25) is 0 Å². The average Bonchev–Trinajstić information content (AvgIpc) is 2.66. The molecule has 5 nitrogen and oxygen atoms in total. The van der Waals surface area contributed by atoms with Crippen molar-refractivity contribution in [2.24, 2.45) is 5.41 Å². The molecular formula is C12H21N3O2. The van der Waals surface area contributed by atoms with E-state index >= 15 is 0 Å². The van der Waals surface area contributed by atoms with E-state index in [0.29, 0.717) is 12.8 Å². The van der Waals surface area contributed by atoms with E-state index in [1.165, 1.54) is 6.33 Å². The molecule has 1 aromatic rings. The molecule has 0 radical (unpaired) electrons. The molecule has 0 spiro atoms. The highest BCUT2D eigenvalue weighted by Gasteiger charge is 2.34. The molecular weight excluding hydrogens is 218 g/mol. The summed E-state index contributed by atoms with van der Waals surface area (Å²) in [6.45, 7) is 6.63. The second kappa shape index (κ2) is 5.80. The van der Waals surface area contributed by atoms with Crippen molar-refractivity contribution in [3.8, 4) is 0 Å². The SMILES string of the molecule is CCCn1ncnc1CC(C)(CCC)C(=O)O. The van der Waals surface area contributed by atoms with Gasteiger partial charge in [-0.2, -0.15) is 5.10 Å². The number of aryl methyl sites for hydroxylation is 1. The maximum Gasteiger partial charge on any atom is 0.309 e. The first-order valence-electron chi connectivity index (χ1n) is 6.13. The molecule has 1 atom stereocenters. The molecule has 1 rings (SSSR count). The Kier molecular flexibility index (Phi) is 4.66. The summed E-state index contributed by atoms with van der Waals surface area (Å²) in [5.74, 6) is 0.00981. The zero-order chi connectivity index (χ0) is 12.9. The van der Waals surface area contributed by atoms with Crippen molar-refractivity contribution in [2.75, 3.05) is 0 Å². The van der Waals surface area contributed by atoms with Crippen molar-refractivity contribution in [1.29, 1.82) is 0 Å². The van der Waals surface area contributed by atoms with Crippen molar-refractivity contribution >= 4 is 5.97 Å². The minimum Gasteiger partial charge on any atom is -0.481 e. The maximum absolute atomic E-state index is 11.3. The van der Waals surface area contributed by atoms with Crippen LogP contribution in [0.5, 0.6) is 0 Å². The molecule has 0 saturated carbocycles. The molecule has 0 saturated heterocycles. The molecule has 1 unspecified atom stereocenters. The monoisotopic (exact) mass is 239 g/mol. The summed E-state index contributed by atoms with van der Waals surface area (Å²) < 4.78 is 1.80. The maximum atomic E-state index is 11.3. The smallest absolute Gasteiger partial charge is 0.309 e. The van der Waals surface area contributed by atoms with Crippen molar-refractivity contribution < 1.29 is 9.90 Å². The molecule has 0 aliphatic heterocycles. The van der Waals surface area contributed by atoms with E-state index in [2.05, 4.69) is 17.0 Å². The lowest BCUT2D eigenvalue weighted by Crippen LogP contribution is -2.31. The largest absolute Gasteiger partial charge is 0.481 e. The fourth-order valence-electron chi connectivity index (χ4n) is 2.00. The summed E-state index contributed by atoms with van der Waals surface area (Å²) in [4.78, 5) is 15.5. The first-order chi connectivity index (χ1) is 8.03. The highest BCUT2D eigenvalue weighted by molar-refractivity contribution is 5.74. The van der Waals surface area contributed by atoms with Gasteiger partial charge in [-0.1, -0.05) is 20.3 Å². The van der Waals surface area contributed by atoms with Crippen molar-refractivity contribution in [3.05, 3.63) is 12.2 Å².